The molecule has 0 aliphatic rings. The first kappa shape index (κ1) is 18.2. The van der Waals surface area contributed by atoms with Gasteiger partial charge >= 0.3 is 11.9 Å². The highest BCUT2D eigenvalue weighted by molar-refractivity contribution is 7.75. The monoisotopic (exact) mass is 307 g/mol. The SMILES string of the molecule is COC(=O)CCC(NC(=O)CCC(=O)NN)C(=O)OS. The molecule has 0 bridgehead atoms. The Hall–Kier alpha value is -1.81. The van der Waals surface area contributed by atoms with Gasteiger partial charge in [0.2, 0.25) is 11.8 Å². The fourth-order valence-electron chi connectivity index (χ4n) is 1.24. The van der Waals surface area contributed by atoms with Gasteiger partial charge in [-0.25, -0.2) is 10.6 Å². The molecule has 0 rings (SSSR count). The van der Waals surface area contributed by atoms with Crippen LogP contribution in [0.3, 0.4) is 0 Å². The second kappa shape index (κ2) is 10.0. The molecular formula is C10H17N3O6S. The van der Waals surface area contributed by atoms with Gasteiger partial charge < -0.3 is 14.2 Å². The minimum Gasteiger partial charge on any atom is -0.469 e. The van der Waals surface area contributed by atoms with Crippen LogP contribution in [0.5, 0.6) is 0 Å². The fourth-order valence-corrected chi connectivity index (χ4v) is 1.37. The molecule has 0 fully saturated rings. The second-order valence-corrected chi connectivity index (χ2v) is 3.90. The number of hydrogen-bond donors (Lipinski definition) is 4. The van der Waals surface area contributed by atoms with E-state index in [0.29, 0.717) is 0 Å². The third kappa shape index (κ3) is 7.59. The van der Waals surface area contributed by atoms with E-state index in [0.717, 1.165) is 0 Å². The van der Waals surface area contributed by atoms with E-state index in [4.69, 9.17) is 5.84 Å². The number of nitrogens with two attached hydrogens (primary N) is 1. The summed E-state index contributed by atoms with van der Waals surface area (Å²) in [6.07, 6.45) is -0.353. The van der Waals surface area contributed by atoms with Crippen LogP contribution in [0.1, 0.15) is 25.7 Å². The van der Waals surface area contributed by atoms with Crippen LogP contribution in [0.15, 0.2) is 0 Å². The molecule has 0 aromatic carbocycles. The minimum absolute atomic E-state index is 0.000885. The van der Waals surface area contributed by atoms with Gasteiger partial charge in [-0.15, -0.1) is 0 Å². The van der Waals surface area contributed by atoms with Crippen molar-refractivity contribution in [2.45, 2.75) is 31.7 Å². The Kier molecular flexibility index (Phi) is 9.13. The lowest BCUT2D eigenvalue weighted by atomic mass is 10.1. The number of thiol groups is 1. The number of esters is 1. The van der Waals surface area contributed by atoms with Crippen LogP contribution in [-0.4, -0.2) is 36.9 Å². The molecule has 0 aliphatic heterocycles. The van der Waals surface area contributed by atoms with Gasteiger partial charge in [-0.05, 0) is 6.42 Å². The van der Waals surface area contributed by atoms with E-state index in [2.05, 4.69) is 27.1 Å². The molecule has 20 heavy (non-hydrogen) atoms. The summed E-state index contributed by atoms with van der Waals surface area (Å²) < 4.78 is 8.64. The third-order valence-electron chi connectivity index (χ3n) is 2.31. The van der Waals surface area contributed by atoms with Crippen LogP contribution in [0, 0.1) is 0 Å². The van der Waals surface area contributed by atoms with Crippen LogP contribution >= 0.6 is 12.9 Å². The summed E-state index contributed by atoms with van der Waals surface area (Å²) in [5.74, 6) is 2.45. The summed E-state index contributed by atoms with van der Waals surface area (Å²) in [6, 6.07) is -1.04. The zero-order valence-corrected chi connectivity index (χ0v) is 11.8. The topological polar surface area (TPSA) is 137 Å². The van der Waals surface area contributed by atoms with Gasteiger partial charge in [0.05, 0.1) is 7.11 Å². The Morgan fingerprint density at radius 2 is 1.75 bits per heavy atom. The smallest absolute Gasteiger partial charge is 0.340 e. The highest BCUT2D eigenvalue weighted by Gasteiger charge is 2.23. The van der Waals surface area contributed by atoms with Crippen LogP contribution in [-0.2, 0) is 28.1 Å². The van der Waals surface area contributed by atoms with E-state index in [1.165, 1.54) is 7.11 Å². The molecule has 0 radical (unpaired) electrons. The molecule has 114 valence electrons. The van der Waals surface area contributed by atoms with Crippen LogP contribution < -0.4 is 16.6 Å². The lowest BCUT2D eigenvalue weighted by Gasteiger charge is -2.15. The molecule has 2 amide bonds. The molecule has 0 spiro atoms. The number of ether oxygens (including phenoxy) is 1. The van der Waals surface area contributed by atoms with E-state index >= 15 is 0 Å². The standard InChI is InChI=1S/C10H17N3O6S/c1-18-9(16)5-2-6(10(17)19-20)12-7(14)3-4-8(15)13-11/h6,20H,2-5,11H2,1H3,(H,12,14)(H,13,15). The van der Waals surface area contributed by atoms with Crippen molar-refractivity contribution < 1.29 is 28.1 Å². The van der Waals surface area contributed by atoms with Crippen molar-refractivity contribution in [2.75, 3.05) is 7.11 Å². The van der Waals surface area contributed by atoms with Crippen molar-refractivity contribution in [3.8, 4) is 0 Å². The van der Waals surface area contributed by atoms with Crippen molar-refractivity contribution in [1.29, 1.82) is 0 Å². The largest absolute Gasteiger partial charge is 0.469 e. The molecule has 9 nitrogen and oxygen atoms in total. The maximum Gasteiger partial charge on any atom is 0.340 e. The Bertz CT molecular complexity index is 376. The first-order chi connectivity index (χ1) is 9.44. The molecule has 0 aromatic rings. The fraction of sp³-hybridized carbons (Fsp3) is 0.600. The predicted octanol–water partition coefficient (Wildman–Crippen LogP) is -1.42. The highest BCUT2D eigenvalue weighted by atomic mass is 32.1. The first-order valence-electron chi connectivity index (χ1n) is 5.65. The van der Waals surface area contributed by atoms with Crippen molar-refractivity contribution in [2.24, 2.45) is 5.84 Å². The Morgan fingerprint density at radius 3 is 2.25 bits per heavy atom. The van der Waals surface area contributed by atoms with Gasteiger partial charge in [0.15, 0.2) is 0 Å². The molecule has 4 N–H and O–H groups in total. The number of hydrazine groups is 1. The van der Waals surface area contributed by atoms with Gasteiger partial charge in [-0.3, -0.25) is 19.8 Å². The summed E-state index contributed by atoms with van der Waals surface area (Å²) in [6.45, 7) is 0. The lowest BCUT2D eigenvalue weighted by Crippen LogP contribution is -2.42. The number of carbonyl (C=O) groups is 4. The highest BCUT2D eigenvalue weighted by Crippen LogP contribution is 2.04. The van der Waals surface area contributed by atoms with Crippen molar-refractivity contribution in [1.82, 2.24) is 10.7 Å². The maximum absolute atomic E-state index is 11.5. The van der Waals surface area contributed by atoms with Gasteiger partial charge in [0.1, 0.15) is 6.04 Å². The van der Waals surface area contributed by atoms with Crippen LogP contribution in [0.25, 0.3) is 0 Å². The van der Waals surface area contributed by atoms with E-state index in [-0.39, 0.29) is 25.7 Å². The third-order valence-corrected chi connectivity index (χ3v) is 2.49. The van der Waals surface area contributed by atoms with Gasteiger partial charge in [-0.1, -0.05) is 0 Å². The molecule has 0 heterocycles. The van der Waals surface area contributed by atoms with Gasteiger partial charge in [0.25, 0.3) is 0 Å². The van der Waals surface area contributed by atoms with E-state index < -0.39 is 29.8 Å². The predicted molar refractivity (Wildman–Crippen MR) is 69.8 cm³/mol. The number of rotatable bonds is 8. The molecule has 0 aliphatic carbocycles. The minimum atomic E-state index is -1.04. The number of nitrogens with one attached hydrogen (secondary N) is 2. The maximum atomic E-state index is 11.5. The summed E-state index contributed by atoms with van der Waals surface area (Å²) in [5.41, 5.74) is 1.87. The number of methoxy groups -OCH3 is 1. The zero-order valence-electron chi connectivity index (χ0n) is 10.9. The Balaban J connectivity index is 4.34. The normalized spacial score (nSPS) is 11.2. The number of carbonyl (C=O) groups excluding carboxylic acids is 4. The Labute approximate surface area is 121 Å². The Morgan fingerprint density at radius 1 is 1.15 bits per heavy atom. The van der Waals surface area contributed by atoms with Crippen molar-refractivity contribution in [3.05, 3.63) is 0 Å². The average molecular weight is 307 g/mol. The summed E-state index contributed by atoms with van der Waals surface area (Å²) in [4.78, 5) is 44.8. The van der Waals surface area contributed by atoms with Gasteiger partial charge in [0, 0.05) is 32.2 Å². The average Bonchev–Trinajstić information content (AvgIpc) is 2.47. The molecule has 0 saturated carbocycles. The van der Waals surface area contributed by atoms with Crippen LogP contribution in [0.4, 0.5) is 0 Å². The molecule has 1 unspecified atom stereocenters. The number of hydrogen-bond acceptors (Lipinski definition) is 8. The van der Waals surface area contributed by atoms with Crippen LogP contribution in [0.2, 0.25) is 0 Å². The molecule has 0 saturated heterocycles. The van der Waals surface area contributed by atoms with E-state index in [1.54, 1.807) is 0 Å². The molecule has 10 heteroatoms. The van der Waals surface area contributed by atoms with E-state index in [9.17, 15) is 19.2 Å². The second-order valence-electron chi connectivity index (χ2n) is 3.71. The lowest BCUT2D eigenvalue weighted by molar-refractivity contribution is -0.142. The molecular weight excluding hydrogens is 290 g/mol. The molecule has 0 aromatic heterocycles. The number of amides is 2. The summed E-state index contributed by atoms with van der Waals surface area (Å²) in [5, 5.41) is 2.34. The van der Waals surface area contributed by atoms with E-state index in [1.807, 2.05) is 5.43 Å². The summed E-state index contributed by atoms with van der Waals surface area (Å²) >= 11 is 3.35. The zero-order chi connectivity index (χ0) is 15.5. The van der Waals surface area contributed by atoms with Crippen molar-refractivity contribution >= 4 is 36.7 Å². The first-order valence-corrected chi connectivity index (χ1v) is 6.02. The van der Waals surface area contributed by atoms with Crippen molar-refractivity contribution in [3.63, 3.8) is 0 Å². The van der Waals surface area contributed by atoms with Gasteiger partial charge in [-0.2, -0.15) is 0 Å². The summed E-state index contributed by atoms with van der Waals surface area (Å²) in [7, 11) is 1.21. The molecule has 1 atom stereocenters. The quantitative estimate of drug-likeness (QED) is 0.108.